The van der Waals surface area contributed by atoms with E-state index in [2.05, 4.69) is 17.5 Å². The van der Waals surface area contributed by atoms with E-state index in [1.54, 1.807) is 7.11 Å². The molecule has 0 heterocycles. The van der Waals surface area contributed by atoms with Crippen LogP contribution in [0.3, 0.4) is 0 Å². The van der Waals surface area contributed by atoms with Crippen molar-refractivity contribution in [1.82, 2.24) is 5.32 Å². The predicted octanol–water partition coefficient (Wildman–Crippen LogP) is 4.89. The van der Waals surface area contributed by atoms with E-state index in [4.69, 9.17) is 16.3 Å². The molecule has 1 aromatic rings. The van der Waals surface area contributed by atoms with E-state index in [0.29, 0.717) is 5.02 Å². The Morgan fingerprint density at radius 2 is 2.00 bits per heavy atom. The lowest BCUT2D eigenvalue weighted by atomic mass is 9.90. The van der Waals surface area contributed by atoms with Gasteiger partial charge in [-0.25, -0.2) is 0 Å². The third kappa shape index (κ3) is 3.77. The van der Waals surface area contributed by atoms with Crippen molar-refractivity contribution < 1.29 is 4.74 Å². The number of ether oxygens (including phenoxy) is 1. The fourth-order valence-electron chi connectivity index (χ4n) is 2.94. The SMILES string of the molecule is CNC(/C1=C/CCCCCC1)c1ccc(Cl)cc1OC. The van der Waals surface area contributed by atoms with Crippen LogP contribution in [0.5, 0.6) is 5.75 Å². The number of halogens is 1. The molecule has 0 spiro atoms. The van der Waals surface area contributed by atoms with Gasteiger partial charge in [0.1, 0.15) is 5.75 Å². The van der Waals surface area contributed by atoms with Crippen molar-refractivity contribution in [2.75, 3.05) is 14.2 Å². The molecule has 1 aliphatic carbocycles. The largest absolute Gasteiger partial charge is 0.496 e. The zero-order valence-electron chi connectivity index (χ0n) is 12.4. The molecular weight excluding hydrogens is 270 g/mol. The Kier molecular flexibility index (Phi) is 5.93. The summed E-state index contributed by atoms with van der Waals surface area (Å²) in [5.41, 5.74) is 2.65. The summed E-state index contributed by atoms with van der Waals surface area (Å²) in [6.07, 6.45) is 10.0. The highest BCUT2D eigenvalue weighted by Gasteiger charge is 2.19. The first-order valence-electron chi connectivity index (χ1n) is 7.46. The Hall–Kier alpha value is -0.990. The molecular formula is C17H24ClNO. The summed E-state index contributed by atoms with van der Waals surface area (Å²) in [6, 6.07) is 6.13. The van der Waals surface area contributed by atoms with E-state index in [1.807, 2.05) is 19.2 Å². The van der Waals surface area contributed by atoms with Gasteiger partial charge in [-0.3, -0.25) is 0 Å². The number of methoxy groups -OCH3 is 1. The number of hydrogen-bond donors (Lipinski definition) is 1. The lowest BCUT2D eigenvalue weighted by molar-refractivity contribution is 0.404. The average molecular weight is 294 g/mol. The van der Waals surface area contributed by atoms with Gasteiger partial charge in [-0.1, -0.05) is 42.2 Å². The van der Waals surface area contributed by atoms with Crippen LogP contribution in [-0.2, 0) is 0 Å². The molecule has 1 unspecified atom stereocenters. The molecule has 0 amide bonds. The van der Waals surface area contributed by atoms with Gasteiger partial charge in [-0.2, -0.15) is 0 Å². The van der Waals surface area contributed by atoms with Crippen molar-refractivity contribution in [3.05, 3.63) is 40.4 Å². The summed E-state index contributed by atoms with van der Waals surface area (Å²) in [6.45, 7) is 0. The predicted molar refractivity (Wildman–Crippen MR) is 85.6 cm³/mol. The second-order valence-electron chi connectivity index (χ2n) is 5.34. The van der Waals surface area contributed by atoms with Gasteiger partial charge in [0.05, 0.1) is 13.2 Å². The number of nitrogens with one attached hydrogen (secondary N) is 1. The first-order chi connectivity index (χ1) is 9.76. The van der Waals surface area contributed by atoms with Gasteiger partial charge >= 0.3 is 0 Å². The first-order valence-corrected chi connectivity index (χ1v) is 7.83. The van der Waals surface area contributed by atoms with Crippen molar-refractivity contribution in [1.29, 1.82) is 0 Å². The monoisotopic (exact) mass is 293 g/mol. The molecule has 1 N–H and O–H groups in total. The maximum Gasteiger partial charge on any atom is 0.125 e. The zero-order valence-corrected chi connectivity index (χ0v) is 13.2. The van der Waals surface area contributed by atoms with Gasteiger partial charge in [-0.05, 0) is 44.9 Å². The van der Waals surface area contributed by atoms with Crippen LogP contribution < -0.4 is 10.1 Å². The fraction of sp³-hybridized carbons (Fsp3) is 0.529. The van der Waals surface area contributed by atoms with Gasteiger partial charge < -0.3 is 10.1 Å². The number of rotatable bonds is 4. The third-order valence-electron chi connectivity index (χ3n) is 3.99. The molecule has 2 nitrogen and oxygen atoms in total. The Morgan fingerprint density at radius 3 is 2.75 bits per heavy atom. The summed E-state index contributed by atoms with van der Waals surface area (Å²) in [4.78, 5) is 0. The molecule has 110 valence electrons. The minimum atomic E-state index is 0.223. The molecule has 1 atom stereocenters. The molecule has 0 aromatic heterocycles. The Bertz CT molecular complexity index is 470. The van der Waals surface area contributed by atoms with Crippen LogP contribution in [0, 0.1) is 0 Å². The maximum absolute atomic E-state index is 6.06. The highest BCUT2D eigenvalue weighted by atomic mass is 35.5. The minimum Gasteiger partial charge on any atom is -0.496 e. The van der Waals surface area contributed by atoms with Gasteiger partial charge in [0, 0.05) is 10.6 Å². The van der Waals surface area contributed by atoms with E-state index in [9.17, 15) is 0 Å². The Balaban J connectivity index is 2.31. The lowest BCUT2D eigenvalue weighted by Crippen LogP contribution is -2.20. The highest BCUT2D eigenvalue weighted by molar-refractivity contribution is 6.30. The molecule has 0 bridgehead atoms. The van der Waals surface area contributed by atoms with Crippen LogP contribution in [0.4, 0.5) is 0 Å². The molecule has 20 heavy (non-hydrogen) atoms. The van der Waals surface area contributed by atoms with Crippen molar-refractivity contribution in [3.8, 4) is 5.75 Å². The first kappa shape index (κ1) is 15.4. The molecule has 3 heteroatoms. The number of likely N-dealkylation sites (N-methyl/N-ethyl adjacent to an activating group) is 1. The summed E-state index contributed by atoms with van der Waals surface area (Å²) in [5.74, 6) is 0.861. The fourth-order valence-corrected chi connectivity index (χ4v) is 3.10. The Morgan fingerprint density at radius 1 is 1.20 bits per heavy atom. The summed E-state index contributed by atoms with van der Waals surface area (Å²) >= 11 is 6.06. The quantitative estimate of drug-likeness (QED) is 0.798. The van der Waals surface area contributed by atoms with E-state index in [0.717, 1.165) is 12.2 Å². The summed E-state index contributed by atoms with van der Waals surface area (Å²) < 4.78 is 5.50. The van der Waals surface area contributed by atoms with Crippen molar-refractivity contribution in [3.63, 3.8) is 0 Å². The summed E-state index contributed by atoms with van der Waals surface area (Å²) in [5, 5.41) is 4.15. The molecule has 0 aliphatic heterocycles. The van der Waals surface area contributed by atoms with E-state index in [-0.39, 0.29) is 6.04 Å². The molecule has 1 aliphatic rings. The van der Waals surface area contributed by atoms with Crippen LogP contribution in [0.25, 0.3) is 0 Å². The normalized spacial score (nSPS) is 20.4. The van der Waals surface area contributed by atoms with Crippen molar-refractivity contribution >= 4 is 11.6 Å². The molecule has 2 rings (SSSR count). The van der Waals surface area contributed by atoms with E-state index >= 15 is 0 Å². The number of benzene rings is 1. The topological polar surface area (TPSA) is 21.3 Å². The number of allylic oxidation sites excluding steroid dienone is 1. The highest BCUT2D eigenvalue weighted by Crippen LogP contribution is 2.35. The second kappa shape index (κ2) is 7.70. The third-order valence-corrected chi connectivity index (χ3v) is 4.23. The smallest absolute Gasteiger partial charge is 0.125 e. The van der Waals surface area contributed by atoms with Crippen LogP contribution >= 0.6 is 11.6 Å². The van der Waals surface area contributed by atoms with Crippen molar-refractivity contribution in [2.24, 2.45) is 0 Å². The maximum atomic E-state index is 6.06. The van der Waals surface area contributed by atoms with E-state index in [1.165, 1.54) is 43.2 Å². The molecule has 0 fully saturated rings. The number of hydrogen-bond acceptors (Lipinski definition) is 2. The summed E-state index contributed by atoms with van der Waals surface area (Å²) in [7, 11) is 3.71. The second-order valence-corrected chi connectivity index (χ2v) is 5.78. The van der Waals surface area contributed by atoms with Crippen LogP contribution in [-0.4, -0.2) is 14.2 Å². The van der Waals surface area contributed by atoms with E-state index < -0.39 is 0 Å². The van der Waals surface area contributed by atoms with Crippen LogP contribution in [0.15, 0.2) is 29.8 Å². The van der Waals surface area contributed by atoms with Gasteiger partial charge in [0.15, 0.2) is 0 Å². The molecule has 0 saturated carbocycles. The van der Waals surface area contributed by atoms with Gasteiger partial charge in [0.25, 0.3) is 0 Å². The van der Waals surface area contributed by atoms with Gasteiger partial charge in [0.2, 0.25) is 0 Å². The van der Waals surface area contributed by atoms with Crippen LogP contribution in [0.1, 0.15) is 50.1 Å². The molecule has 0 radical (unpaired) electrons. The Labute approximate surface area is 127 Å². The lowest BCUT2D eigenvalue weighted by Gasteiger charge is -2.24. The molecule has 1 aromatic carbocycles. The standard InChI is InChI=1S/C17H24ClNO/c1-19-17(13-8-6-4-3-5-7-9-13)15-11-10-14(18)12-16(15)20-2/h8,10-12,17,19H,3-7,9H2,1-2H3/b13-8+. The average Bonchev–Trinajstić information content (AvgIpc) is 2.42. The molecule has 0 saturated heterocycles. The van der Waals surface area contributed by atoms with Crippen molar-refractivity contribution in [2.45, 2.75) is 44.6 Å². The zero-order chi connectivity index (χ0) is 14.4. The van der Waals surface area contributed by atoms with Gasteiger partial charge in [-0.15, -0.1) is 0 Å². The minimum absolute atomic E-state index is 0.223. The van der Waals surface area contributed by atoms with Crippen LogP contribution in [0.2, 0.25) is 5.02 Å².